The molecule has 1 saturated carbocycles. The lowest BCUT2D eigenvalue weighted by Gasteiger charge is -2.36. The molecule has 0 saturated heterocycles. The third kappa shape index (κ3) is 2.56. The highest BCUT2D eigenvalue weighted by molar-refractivity contribution is 5.74. The normalized spacial score (nSPS) is 20.4. The average molecular weight is 206 g/mol. The van der Waals surface area contributed by atoms with Gasteiger partial charge in [-0.2, -0.15) is 0 Å². The summed E-state index contributed by atoms with van der Waals surface area (Å²) in [5.74, 6) is -2.58. The molecule has 1 N–H and O–H groups in total. The number of amides is 2. The van der Waals surface area contributed by atoms with Crippen LogP contribution in [0.3, 0.4) is 0 Å². The molecule has 82 valence electrons. The largest absolute Gasteiger partial charge is 0.335 e. The van der Waals surface area contributed by atoms with Crippen molar-refractivity contribution in [2.24, 2.45) is 0 Å². The van der Waals surface area contributed by atoms with Crippen LogP contribution in [0.15, 0.2) is 0 Å². The average Bonchev–Trinajstić information content (AvgIpc) is 1.99. The van der Waals surface area contributed by atoms with Crippen LogP contribution in [0.4, 0.5) is 13.6 Å². The van der Waals surface area contributed by atoms with Gasteiger partial charge in [-0.3, -0.25) is 0 Å². The fraction of sp³-hybridized carbons (Fsp3) is 0.889. The van der Waals surface area contributed by atoms with Crippen molar-refractivity contribution < 1.29 is 13.6 Å². The Morgan fingerprint density at radius 3 is 2.36 bits per heavy atom. The summed E-state index contributed by atoms with van der Waals surface area (Å²) in [5.41, 5.74) is 0. The van der Waals surface area contributed by atoms with Gasteiger partial charge in [-0.05, 0) is 13.8 Å². The molecule has 0 spiro atoms. The molecular formula is C9H16F2N2O. The second kappa shape index (κ2) is 3.71. The Morgan fingerprint density at radius 1 is 1.50 bits per heavy atom. The molecule has 0 aromatic carbocycles. The van der Waals surface area contributed by atoms with E-state index in [9.17, 15) is 13.6 Å². The van der Waals surface area contributed by atoms with E-state index in [4.69, 9.17) is 0 Å². The van der Waals surface area contributed by atoms with E-state index in [1.807, 2.05) is 13.8 Å². The van der Waals surface area contributed by atoms with Crippen LogP contribution in [-0.4, -0.2) is 36.0 Å². The lowest BCUT2D eigenvalue weighted by molar-refractivity contribution is -0.0902. The van der Waals surface area contributed by atoms with Crippen molar-refractivity contribution in [3.8, 4) is 0 Å². The first-order valence-electron chi connectivity index (χ1n) is 4.73. The summed E-state index contributed by atoms with van der Waals surface area (Å²) in [4.78, 5) is 12.9. The molecule has 14 heavy (non-hydrogen) atoms. The molecule has 5 heteroatoms. The van der Waals surface area contributed by atoms with Crippen LogP contribution in [0.25, 0.3) is 0 Å². The number of halogens is 2. The maximum Gasteiger partial charge on any atom is 0.317 e. The molecule has 1 rings (SSSR count). The molecular weight excluding hydrogens is 190 g/mol. The molecule has 2 amide bonds. The van der Waals surface area contributed by atoms with E-state index < -0.39 is 5.92 Å². The summed E-state index contributed by atoms with van der Waals surface area (Å²) in [6.07, 6.45) is -0.463. The Kier molecular flexibility index (Phi) is 2.97. The van der Waals surface area contributed by atoms with Crippen molar-refractivity contribution in [3.05, 3.63) is 0 Å². The summed E-state index contributed by atoms with van der Waals surface area (Å²) in [6, 6.07) is -0.560. The number of urea groups is 1. The fourth-order valence-corrected chi connectivity index (χ4v) is 1.27. The number of nitrogens with zero attached hydrogens (tertiary/aromatic N) is 1. The van der Waals surface area contributed by atoms with Crippen LogP contribution in [0.2, 0.25) is 0 Å². The third-order valence-corrected chi connectivity index (χ3v) is 2.51. The van der Waals surface area contributed by atoms with Crippen molar-refractivity contribution >= 4 is 6.03 Å². The van der Waals surface area contributed by atoms with Gasteiger partial charge >= 0.3 is 6.03 Å². The van der Waals surface area contributed by atoms with E-state index in [1.165, 1.54) is 4.90 Å². The first kappa shape index (κ1) is 11.2. The van der Waals surface area contributed by atoms with Crippen LogP contribution in [-0.2, 0) is 0 Å². The van der Waals surface area contributed by atoms with E-state index in [1.54, 1.807) is 7.05 Å². The summed E-state index contributed by atoms with van der Waals surface area (Å²) in [5, 5.41) is 2.56. The number of alkyl halides is 2. The Bertz CT molecular complexity index is 223. The monoisotopic (exact) mass is 206 g/mol. The second-order valence-corrected chi connectivity index (χ2v) is 4.12. The Balaban J connectivity index is 2.29. The molecule has 0 bridgehead atoms. The predicted molar refractivity (Wildman–Crippen MR) is 49.4 cm³/mol. The number of nitrogens with one attached hydrogen (secondary N) is 1. The predicted octanol–water partition coefficient (Wildman–Crippen LogP) is 1.83. The third-order valence-electron chi connectivity index (χ3n) is 2.51. The van der Waals surface area contributed by atoms with Crippen molar-refractivity contribution in [1.82, 2.24) is 10.2 Å². The first-order chi connectivity index (χ1) is 6.32. The maximum atomic E-state index is 12.4. The minimum Gasteiger partial charge on any atom is -0.335 e. The molecule has 0 radical (unpaired) electrons. The van der Waals surface area contributed by atoms with Gasteiger partial charge in [0.25, 0.3) is 5.92 Å². The van der Waals surface area contributed by atoms with Gasteiger partial charge < -0.3 is 10.2 Å². The topological polar surface area (TPSA) is 32.3 Å². The van der Waals surface area contributed by atoms with Crippen LogP contribution in [0.5, 0.6) is 0 Å². The highest BCUT2D eigenvalue weighted by Crippen LogP contribution is 2.37. The summed E-state index contributed by atoms with van der Waals surface area (Å²) in [6.45, 7) is 3.74. The first-order valence-corrected chi connectivity index (χ1v) is 4.73. The van der Waals surface area contributed by atoms with Crippen molar-refractivity contribution in [2.45, 2.75) is 44.7 Å². The number of carbonyl (C=O) groups is 1. The van der Waals surface area contributed by atoms with Gasteiger partial charge in [0.2, 0.25) is 0 Å². The van der Waals surface area contributed by atoms with Crippen molar-refractivity contribution in [2.75, 3.05) is 7.05 Å². The van der Waals surface area contributed by atoms with E-state index in [0.29, 0.717) is 0 Å². The molecule has 0 aromatic rings. The molecule has 1 fully saturated rings. The minimum atomic E-state index is -2.58. The van der Waals surface area contributed by atoms with Gasteiger partial charge in [-0.25, -0.2) is 13.6 Å². The highest BCUT2D eigenvalue weighted by Gasteiger charge is 2.46. The maximum absolute atomic E-state index is 12.4. The summed E-state index contributed by atoms with van der Waals surface area (Å²) in [7, 11) is 1.65. The van der Waals surface area contributed by atoms with Gasteiger partial charge in [0.05, 0.1) is 0 Å². The van der Waals surface area contributed by atoms with Gasteiger partial charge in [-0.15, -0.1) is 0 Å². The quantitative estimate of drug-likeness (QED) is 0.734. The minimum absolute atomic E-state index is 0.0792. The van der Waals surface area contributed by atoms with Crippen molar-refractivity contribution in [3.63, 3.8) is 0 Å². The van der Waals surface area contributed by atoms with Crippen LogP contribution in [0, 0.1) is 0 Å². The smallest absolute Gasteiger partial charge is 0.317 e. The second-order valence-electron chi connectivity index (χ2n) is 4.12. The van der Waals surface area contributed by atoms with Gasteiger partial charge in [-0.1, -0.05) is 0 Å². The van der Waals surface area contributed by atoms with E-state index in [2.05, 4.69) is 5.32 Å². The molecule has 0 atom stereocenters. The SMILES string of the molecule is CC(C)N(C)C(=O)NC1CC(F)(F)C1. The van der Waals surface area contributed by atoms with Crippen LogP contribution < -0.4 is 5.32 Å². The standard InChI is InChI=1S/C9H16F2N2O/c1-6(2)13(3)8(14)12-7-4-9(10,11)5-7/h6-7H,4-5H2,1-3H3,(H,12,14). The zero-order valence-corrected chi connectivity index (χ0v) is 8.68. The molecule has 1 aliphatic carbocycles. The van der Waals surface area contributed by atoms with E-state index >= 15 is 0 Å². The molecule has 1 aliphatic rings. The molecule has 0 heterocycles. The number of hydrogen-bond acceptors (Lipinski definition) is 1. The lowest BCUT2D eigenvalue weighted by Crippen LogP contribution is -2.54. The fourth-order valence-electron chi connectivity index (χ4n) is 1.27. The highest BCUT2D eigenvalue weighted by atomic mass is 19.3. The van der Waals surface area contributed by atoms with Crippen LogP contribution in [0.1, 0.15) is 26.7 Å². The summed E-state index contributed by atoms with van der Waals surface area (Å²) >= 11 is 0. The van der Waals surface area contributed by atoms with Crippen molar-refractivity contribution in [1.29, 1.82) is 0 Å². The molecule has 3 nitrogen and oxygen atoms in total. The number of hydrogen-bond donors (Lipinski definition) is 1. The molecule has 0 aliphatic heterocycles. The number of rotatable bonds is 2. The zero-order chi connectivity index (χ0) is 10.9. The molecule has 0 aromatic heterocycles. The summed E-state index contributed by atoms with van der Waals surface area (Å²) < 4.78 is 24.9. The van der Waals surface area contributed by atoms with E-state index in [0.717, 1.165) is 0 Å². The van der Waals surface area contributed by atoms with E-state index in [-0.39, 0.29) is 31.0 Å². The van der Waals surface area contributed by atoms with Crippen LogP contribution >= 0.6 is 0 Å². The Hall–Kier alpha value is -0.870. The Morgan fingerprint density at radius 2 is 2.00 bits per heavy atom. The zero-order valence-electron chi connectivity index (χ0n) is 8.68. The van der Waals surface area contributed by atoms with Gasteiger partial charge in [0, 0.05) is 32.0 Å². The van der Waals surface area contributed by atoms with Gasteiger partial charge in [0.15, 0.2) is 0 Å². The lowest BCUT2D eigenvalue weighted by atomic mass is 9.88. The number of carbonyl (C=O) groups excluding carboxylic acids is 1. The molecule has 0 unspecified atom stereocenters. The Labute approximate surface area is 82.5 Å². The van der Waals surface area contributed by atoms with Gasteiger partial charge in [0.1, 0.15) is 0 Å².